The number of hydrazone groups is 1. The Kier molecular flexibility index (Phi) is 6.99. The standard InChI is InChI=1S/C14H13Cl2FN2O4/c1-3-23-14(22)9(6-18-19(2)7-20)13(21)8-4-12(17)11(16)5-10(8)15/h4-7,21H,3H2,1-2H3. The number of halogens is 3. The van der Waals surface area contributed by atoms with E-state index in [1.54, 1.807) is 6.92 Å². The van der Waals surface area contributed by atoms with Gasteiger partial charge in [0.1, 0.15) is 17.1 Å². The summed E-state index contributed by atoms with van der Waals surface area (Å²) in [5.74, 6) is -2.41. The molecule has 0 spiro atoms. The molecule has 1 N–H and O–H groups in total. The maximum absolute atomic E-state index is 13.6. The Morgan fingerprint density at radius 1 is 1.43 bits per heavy atom. The first-order chi connectivity index (χ1) is 10.8. The van der Waals surface area contributed by atoms with Crippen LogP contribution >= 0.6 is 23.2 Å². The number of amides is 1. The highest BCUT2D eigenvalue weighted by molar-refractivity contribution is 6.36. The van der Waals surface area contributed by atoms with Crippen LogP contribution in [0.5, 0.6) is 0 Å². The molecule has 0 aliphatic rings. The first-order valence-electron chi connectivity index (χ1n) is 6.29. The van der Waals surface area contributed by atoms with Crippen molar-refractivity contribution in [2.75, 3.05) is 13.7 Å². The fraction of sp³-hybridized carbons (Fsp3) is 0.214. The lowest BCUT2D eigenvalue weighted by molar-refractivity contribution is -0.137. The summed E-state index contributed by atoms with van der Waals surface area (Å²) in [4.78, 5) is 22.4. The van der Waals surface area contributed by atoms with Crippen LogP contribution in [-0.4, -0.2) is 42.4 Å². The molecule has 9 heteroatoms. The van der Waals surface area contributed by atoms with Crippen molar-refractivity contribution in [3.8, 4) is 0 Å². The van der Waals surface area contributed by atoms with E-state index in [2.05, 4.69) is 5.10 Å². The van der Waals surface area contributed by atoms with Crippen molar-refractivity contribution in [1.29, 1.82) is 0 Å². The minimum atomic E-state index is -0.917. The zero-order valence-electron chi connectivity index (χ0n) is 12.2. The Bertz CT molecular complexity index is 677. The van der Waals surface area contributed by atoms with Crippen LogP contribution in [0, 0.1) is 5.82 Å². The third kappa shape index (κ3) is 4.94. The lowest BCUT2D eigenvalue weighted by Crippen LogP contribution is -2.14. The van der Waals surface area contributed by atoms with E-state index in [0.29, 0.717) is 6.41 Å². The molecular formula is C14H13Cl2FN2O4. The van der Waals surface area contributed by atoms with Gasteiger partial charge in [0.05, 0.1) is 22.9 Å². The second-order valence-corrected chi connectivity index (χ2v) is 4.97. The van der Waals surface area contributed by atoms with Gasteiger partial charge in [-0.15, -0.1) is 0 Å². The summed E-state index contributed by atoms with van der Waals surface area (Å²) in [6, 6.07) is 1.96. The van der Waals surface area contributed by atoms with E-state index < -0.39 is 23.1 Å². The average molecular weight is 363 g/mol. The molecule has 6 nitrogen and oxygen atoms in total. The molecule has 0 unspecified atom stereocenters. The molecular weight excluding hydrogens is 350 g/mol. The first-order valence-corrected chi connectivity index (χ1v) is 7.04. The van der Waals surface area contributed by atoms with Gasteiger partial charge in [0.25, 0.3) is 0 Å². The Morgan fingerprint density at radius 2 is 2.09 bits per heavy atom. The largest absolute Gasteiger partial charge is 0.506 e. The van der Waals surface area contributed by atoms with Crippen LogP contribution in [0.25, 0.3) is 5.76 Å². The van der Waals surface area contributed by atoms with Crippen molar-refractivity contribution >= 4 is 47.6 Å². The summed E-state index contributed by atoms with van der Waals surface area (Å²) >= 11 is 11.5. The van der Waals surface area contributed by atoms with E-state index in [1.165, 1.54) is 7.05 Å². The summed E-state index contributed by atoms with van der Waals surface area (Å²) in [7, 11) is 1.32. The van der Waals surface area contributed by atoms with Crippen molar-refractivity contribution in [3.05, 3.63) is 39.1 Å². The first kappa shape index (κ1) is 18.9. The molecule has 124 valence electrons. The number of ether oxygens (including phenoxy) is 1. The Morgan fingerprint density at radius 3 is 2.65 bits per heavy atom. The number of carbonyl (C=O) groups excluding carboxylic acids is 2. The fourth-order valence-corrected chi connectivity index (χ4v) is 1.92. The van der Waals surface area contributed by atoms with Gasteiger partial charge in [-0.2, -0.15) is 5.10 Å². The van der Waals surface area contributed by atoms with Crippen LogP contribution in [-0.2, 0) is 14.3 Å². The maximum atomic E-state index is 13.6. The monoisotopic (exact) mass is 362 g/mol. The van der Waals surface area contributed by atoms with Crippen molar-refractivity contribution in [2.45, 2.75) is 6.92 Å². The Hall–Kier alpha value is -2.12. The number of aliphatic hydroxyl groups excluding tert-OH is 1. The second-order valence-electron chi connectivity index (χ2n) is 4.15. The van der Waals surface area contributed by atoms with E-state index in [-0.39, 0.29) is 22.2 Å². The minimum Gasteiger partial charge on any atom is -0.506 e. The van der Waals surface area contributed by atoms with Crippen LogP contribution in [0.2, 0.25) is 10.0 Å². The molecule has 1 aromatic rings. The Labute approximate surface area is 141 Å². The van der Waals surface area contributed by atoms with Gasteiger partial charge < -0.3 is 9.84 Å². The van der Waals surface area contributed by atoms with Gasteiger partial charge in [0.2, 0.25) is 6.41 Å². The summed E-state index contributed by atoms with van der Waals surface area (Å²) < 4.78 is 18.4. The van der Waals surface area contributed by atoms with Crippen LogP contribution in [0.4, 0.5) is 4.39 Å². The van der Waals surface area contributed by atoms with Gasteiger partial charge in [-0.3, -0.25) is 4.79 Å². The average Bonchev–Trinajstić information content (AvgIpc) is 2.50. The molecule has 0 atom stereocenters. The summed E-state index contributed by atoms with van der Waals surface area (Å²) in [6.07, 6.45) is 1.29. The predicted octanol–water partition coefficient (Wildman–Crippen LogP) is 3.04. The SMILES string of the molecule is CCOC(=O)C(C=NN(C)C=O)=C(O)c1cc(F)c(Cl)cc1Cl. The zero-order valence-corrected chi connectivity index (χ0v) is 13.7. The maximum Gasteiger partial charge on any atom is 0.343 e. The quantitative estimate of drug-likeness (QED) is 0.160. The number of nitrogens with zero attached hydrogens (tertiary/aromatic N) is 2. The molecule has 1 amide bonds. The van der Waals surface area contributed by atoms with Crippen molar-refractivity contribution in [1.82, 2.24) is 5.01 Å². The van der Waals surface area contributed by atoms with Crippen LogP contribution in [0.1, 0.15) is 12.5 Å². The van der Waals surface area contributed by atoms with Gasteiger partial charge in [0.15, 0.2) is 0 Å². The predicted molar refractivity (Wildman–Crippen MR) is 84.9 cm³/mol. The van der Waals surface area contributed by atoms with E-state index >= 15 is 0 Å². The zero-order chi connectivity index (χ0) is 17.6. The van der Waals surface area contributed by atoms with Crippen LogP contribution in [0.15, 0.2) is 22.8 Å². The number of carbonyl (C=O) groups is 2. The molecule has 0 saturated carbocycles. The summed E-state index contributed by atoms with van der Waals surface area (Å²) in [5, 5.41) is 14.4. The number of hydrogen-bond acceptors (Lipinski definition) is 5. The number of esters is 1. The highest BCUT2D eigenvalue weighted by Gasteiger charge is 2.20. The van der Waals surface area contributed by atoms with Gasteiger partial charge >= 0.3 is 5.97 Å². The molecule has 0 aromatic heterocycles. The van der Waals surface area contributed by atoms with E-state index in [4.69, 9.17) is 27.9 Å². The molecule has 1 rings (SSSR count). The molecule has 0 bridgehead atoms. The number of aliphatic hydroxyl groups is 1. The highest BCUT2D eigenvalue weighted by atomic mass is 35.5. The molecule has 0 fully saturated rings. The lowest BCUT2D eigenvalue weighted by Gasteiger charge is -2.10. The van der Waals surface area contributed by atoms with Gasteiger partial charge in [-0.25, -0.2) is 14.2 Å². The Balaban J connectivity index is 3.44. The van der Waals surface area contributed by atoms with Gasteiger partial charge in [-0.05, 0) is 19.1 Å². The van der Waals surface area contributed by atoms with Gasteiger partial charge in [-0.1, -0.05) is 23.2 Å². The molecule has 0 radical (unpaired) electrons. The van der Waals surface area contributed by atoms with Crippen molar-refractivity contribution in [2.24, 2.45) is 5.10 Å². The number of hydrogen-bond donors (Lipinski definition) is 1. The van der Waals surface area contributed by atoms with Crippen LogP contribution < -0.4 is 0 Å². The number of benzene rings is 1. The minimum absolute atomic E-state index is 0.0374. The molecule has 23 heavy (non-hydrogen) atoms. The smallest absolute Gasteiger partial charge is 0.343 e. The van der Waals surface area contributed by atoms with E-state index in [0.717, 1.165) is 23.4 Å². The number of rotatable bonds is 6. The van der Waals surface area contributed by atoms with E-state index in [9.17, 15) is 19.1 Å². The molecule has 0 saturated heterocycles. The second kappa shape index (κ2) is 8.50. The van der Waals surface area contributed by atoms with Crippen molar-refractivity contribution in [3.63, 3.8) is 0 Å². The third-order valence-corrected chi connectivity index (χ3v) is 3.14. The molecule has 0 aliphatic heterocycles. The molecule has 1 aromatic carbocycles. The van der Waals surface area contributed by atoms with Crippen LogP contribution in [0.3, 0.4) is 0 Å². The van der Waals surface area contributed by atoms with E-state index in [1.807, 2.05) is 0 Å². The highest BCUT2D eigenvalue weighted by Crippen LogP contribution is 2.29. The molecule has 0 heterocycles. The fourth-order valence-electron chi connectivity index (χ4n) is 1.44. The van der Waals surface area contributed by atoms with Crippen molar-refractivity contribution < 1.29 is 23.8 Å². The topological polar surface area (TPSA) is 79.2 Å². The summed E-state index contributed by atoms with van der Waals surface area (Å²) in [6.45, 7) is 1.60. The normalized spacial score (nSPS) is 12.0. The lowest BCUT2D eigenvalue weighted by atomic mass is 10.1. The third-order valence-electron chi connectivity index (χ3n) is 2.54. The van der Waals surface area contributed by atoms with Gasteiger partial charge in [0, 0.05) is 12.6 Å². The summed E-state index contributed by atoms with van der Waals surface area (Å²) in [5.41, 5.74) is -0.569. The molecule has 0 aliphatic carbocycles.